The van der Waals surface area contributed by atoms with Crippen LogP contribution in [0.15, 0.2) is 18.2 Å². The smallest absolute Gasteiger partial charge is 0.221 e. The molecule has 0 aromatic heterocycles. The van der Waals surface area contributed by atoms with Crippen molar-refractivity contribution in [1.29, 1.82) is 0 Å². The highest BCUT2D eigenvalue weighted by molar-refractivity contribution is 5.75. The third-order valence-corrected chi connectivity index (χ3v) is 2.48. The minimum atomic E-state index is -0.476. The quantitative estimate of drug-likeness (QED) is 0.699. The maximum Gasteiger partial charge on any atom is 0.221 e. The van der Waals surface area contributed by atoms with Gasteiger partial charge in [-0.25, -0.2) is 8.78 Å². The minimum Gasteiger partial charge on any atom is -0.383 e. The Balaban J connectivity index is 2.20. The summed E-state index contributed by atoms with van der Waals surface area (Å²) < 4.78 is 30.9. The van der Waals surface area contributed by atoms with E-state index in [1.54, 1.807) is 7.11 Å². The number of benzene rings is 1. The van der Waals surface area contributed by atoms with Gasteiger partial charge in [-0.15, -0.1) is 0 Å². The zero-order valence-corrected chi connectivity index (χ0v) is 10.8. The van der Waals surface area contributed by atoms with Crippen molar-refractivity contribution in [3.8, 4) is 0 Å². The van der Waals surface area contributed by atoms with Gasteiger partial charge in [-0.3, -0.25) is 4.79 Å². The Morgan fingerprint density at radius 1 is 1.32 bits per heavy atom. The van der Waals surface area contributed by atoms with Crippen LogP contribution in [0.1, 0.15) is 12.0 Å². The van der Waals surface area contributed by atoms with Crippen molar-refractivity contribution in [3.05, 3.63) is 35.4 Å². The molecule has 0 aliphatic heterocycles. The number of halogens is 2. The van der Waals surface area contributed by atoms with E-state index in [1.165, 1.54) is 0 Å². The van der Waals surface area contributed by atoms with Crippen LogP contribution in [0.4, 0.5) is 8.78 Å². The van der Waals surface area contributed by atoms with Crippen LogP contribution < -0.4 is 10.6 Å². The molecule has 2 N–H and O–H groups in total. The molecule has 1 amide bonds. The third-order valence-electron chi connectivity index (χ3n) is 2.48. The summed E-state index contributed by atoms with van der Waals surface area (Å²) in [6.45, 7) is 1.52. The van der Waals surface area contributed by atoms with Crippen LogP contribution in [0.2, 0.25) is 0 Å². The van der Waals surface area contributed by atoms with Crippen molar-refractivity contribution >= 4 is 5.91 Å². The first-order chi connectivity index (χ1) is 9.13. The highest BCUT2D eigenvalue weighted by atomic mass is 19.1. The van der Waals surface area contributed by atoms with E-state index >= 15 is 0 Å². The monoisotopic (exact) mass is 272 g/mol. The SMILES string of the molecule is COCCNC(=O)CCNCc1cc(F)ccc1F. The van der Waals surface area contributed by atoms with Gasteiger partial charge in [0.15, 0.2) is 0 Å². The first-order valence-corrected chi connectivity index (χ1v) is 6.03. The van der Waals surface area contributed by atoms with Crippen LogP contribution in [0.25, 0.3) is 0 Å². The molecule has 6 heteroatoms. The highest BCUT2D eigenvalue weighted by Gasteiger charge is 2.04. The predicted octanol–water partition coefficient (Wildman–Crippen LogP) is 1.21. The van der Waals surface area contributed by atoms with Gasteiger partial charge in [0.2, 0.25) is 5.91 Å². The van der Waals surface area contributed by atoms with E-state index in [2.05, 4.69) is 10.6 Å². The number of hydrogen-bond acceptors (Lipinski definition) is 3. The van der Waals surface area contributed by atoms with Gasteiger partial charge < -0.3 is 15.4 Å². The Hall–Kier alpha value is -1.53. The number of amides is 1. The standard InChI is InChI=1S/C13H18F2N2O2/c1-19-7-6-17-13(18)4-5-16-9-10-8-11(14)2-3-12(10)15/h2-3,8,16H,4-7,9H2,1H3,(H,17,18). The van der Waals surface area contributed by atoms with Gasteiger partial charge in [0, 0.05) is 38.7 Å². The van der Waals surface area contributed by atoms with Gasteiger partial charge in [0.1, 0.15) is 11.6 Å². The first kappa shape index (κ1) is 15.5. The predicted molar refractivity (Wildman–Crippen MR) is 67.6 cm³/mol. The molecule has 0 spiro atoms. The van der Waals surface area contributed by atoms with E-state index in [-0.39, 0.29) is 24.4 Å². The van der Waals surface area contributed by atoms with Crippen LogP contribution in [0.5, 0.6) is 0 Å². The average Bonchev–Trinajstić information content (AvgIpc) is 2.39. The van der Waals surface area contributed by atoms with E-state index in [0.717, 1.165) is 18.2 Å². The second-order valence-corrected chi connectivity index (χ2v) is 4.01. The summed E-state index contributed by atoms with van der Waals surface area (Å²) in [7, 11) is 1.56. The first-order valence-electron chi connectivity index (χ1n) is 6.03. The molecule has 1 rings (SSSR count). The lowest BCUT2D eigenvalue weighted by molar-refractivity contribution is -0.121. The van der Waals surface area contributed by atoms with Crippen LogP contribution in [-0.2, 0) is 16.1 Å². The van der Waals surface area contributed by atoms with E-state index < -0.39 is 11.6 Å². The van der Waals surface area contributed by atoms with Crippen LogP contribution in [0.3, 0.4) is 0 Å². The zero-order chi connectivity index (χ0) is 14.1. The van der Waals surface area contributed by atoms with Gasteiger partial charge in [-0.1, -0.05) is 0 Å². The molecule has 0 heterocycles. The number of carbonyl (C=O) groups is 1. The fourth-order valence-electron chi connectivity index (χ4n) is 1.48. The summed E-state index contributed by atoms with van der Waals surface area (Å²) in [4.78, 5) is 11.3. The van der Waals surface area contributed by atoms with E-state index in [0.29, 0.717) is 19.7 Å². The van der Waals surface area contributed by atoms with Gasteiger partial charge in [-0.2, -0.15) is 0 Å². The summed E-state index contributed by atoms with van der Waals surface area (Å²) in [5.41, 5.74) is 0.250. The lowest BCUT2D eigenvalue weighted by Gasteiger charge is -2.07. The van der Waals surface area contributed by atoms with E-state index in [4.69, 9.17) is 4.74 Å². The van der Waals surface area contributed by atoms with Crippen molar-refractivity contribution < 1.29 is 18.3 Å². The van der Waals surface area contributed by atoms with Crippen LogP contribution in [0, 0.1) is 11.6 Å². The molecule has 0 aliphatic carbocycles. The highest BCUT2D eigenvalue weighted by Crippen LogP contribution is 2.08. The maximum atomic E-state index is 13.3. The van der Waals surface area contributed by atoms with Crippen molar-refractivity contribution in [1.82, 2.24) is 10.6 Å². The zero-order valence-electron chi connectivity index (χ0n) is 10.8. The normalized spacial score (nSPS) is 10.5. The second-order valence-electron chi connectivity index (χ2n) is 4.01. The minimum absolute atomic E-state index is 0.107. The van der Waals surface area contributed by atoms with E-state index in [1.807, 2.05) is 0 Å². The number of carbonyl (C=O) groups excluding carboxylic acids is 1. The van der Waals surface area contributed by atoms with Crippen molar-refractivity contribution in [2.75, 3.05) is 26.8 Å². The summed E-state index contributed by atoms with van der Waals surface area (Å²) >= 11 is 0. The fraction of sp³-hybridized carbons (Fsp3) is 0.462. The molecule has 0 atom stereocenters. The largest absolute Gasteiger partial charge is 0.383 e. The molecule has 0 unspecified atom stereocenters. The lowest BCUT2D eigenvalue weighted by Crippen LogP contribution is -2.30. The molecule has 0 saturated carbocycles. The molecular weight excluding hydrogens is 254 g/mol. The second kappa shape index (κ2) is 8.55. The number of ether oxygens (including phenoxy) is 1. The summed E-state index contributed by atoms with van der Waals surface area (Å²) in [6.07, 6.45) is 0.278. The Bertz CT molecular complexity index is 414. The summed E-state index contributed by atoms with van der Waals surface area (Å²) in [6, 6.07) is 3.30. The Labute approximate surface area is 111 Å². The molecule has 0 saturated heterocycles. The molecular formula is C13H18F2N2O2. The molecule has 1 aromatic rings. The number of methoxy groups -OCH3 is 1. The van der Waals surface area contributed by atoms with Gasteiger partial charge >= 0.3 is 0 Å². The fourth-order valence-corrected chi connectivity index (χ4v) is 1.48. The van der Waals surface area contributed by atoms with Crippen molar-refractivity contribution in [2.24, 2.45) is 0 Å². The molecule has 1 aromatic carbocycles. The van der Waals surface area contributed by atoms with Gasteiger partial charge in [0.25, 0.3) is 0 Å². The Kier molecular flexibility index (Phi) is 6.99. The topological polar surface area (TPSA) is 50.4 Å². The molecule has 0 aliphatic rings. The molecule has 0 radical (unpaired) electrons. The third kappa shape index (κ3) is 6.26. The Morgan fingerprint density at radius 2 is 2.11 bits per heavy atom. The van der Waals surface area contributed by atoms with Gasteiger partial charge in [-0.05, 0) is 18.2 Å². The summed E-state index contributed by atoms with van der Waals surface area (Å²) in [5, 5.41) is 5.56. The lowest BCUT2D eigenvalue weighted by atomic mass is 10.2. The average molecular weight is 272 g/mol. The molecule has 19 heavy (non-hydrogen) atoms. The van der Waals surface area contributed by atoms with E-state index in [9.17, 15) is 13.6 Å². The van der Waals surface area contributed by atoms with Gasteiger partial charge in [0.05, 0.1) is 6.61 Å². The maximum absolute atomic E-state index is 13.3. The Morgan fingerprint density at radius 3 is 2.84 bits per heavy atom. The van der Waals surface area contributed by atoms with Crippen LogP contribution >= 0.6 is 0 Å². The van der Waals surface area contributed by atoms with Crippen LogP contribution in [-0.4, -0.2) is 32.7 Å². The molecule has 0 fully saturated rings. The molecule has 106 valence electrons. The molecule has 0 bridgehead atoms. The number of hydrogen-bond donors (Lipinski definition) is 2. The molecule has 4 nitrogen and oxygen atoms in total. The van der Waals surface area contributed by atoms with Crippen molar-refractivity contribution in [2.45, 2.75) is 13.0 Å². The summed E-state index contributed by atoms with van der Waals surface area (Å²) in [5.74, 6) is -1.04. The number of nitrogens with one attached hydrogen (secondary N) is 2. The number of rotatable bonds is 8. The van der Waals surface area contributed by atoms with Crippen molar-refractivity contribution in [3.63, 3.8) is 0 Å².